The van der Waals surface area contributed by atoms with E-state index < -0.39 is 0 Å². The van der Waals surface area contributed by atoms with Crippen LogP contribution in [0.2, 0.25) is 0 Å². The largest absolute Gasteiger partial charge is 0.103 e. The van der Waals surface area contributed by atoms with Crippen molar-refractivity contribution in [2.24, 2.45) is 11.8 Å². The van der Waals surface area contributed by atoms with Crippen LogP contribution in [0.4, 0.5) is 0 Å². The van der Waals surface area contributed by atoms with Crippen LogP contribution in [-0.4, -0.2) is 0 Å². The van der Waals surface area contributed by atoms with Crippen molar-refractivity contribution in [3.63, 3.8) is 0 Å². The zero-order chi connectivity index (χ0) is 22.8. The summed E-state index contributed by atoms with van der Waals surface area (Å²) in [6.45, 7) is 10.7. The van der Waals surface area contributed by atoms with Gasteiger partial charge in [0, 0.05) is 0 Å². The molecular formula is C31H58. The standard InChI is InChI=1S/C31H58/c1-5-7-8-9-10-11-12-13-14-15-16-17-18-19-20-21-22-23-24-25-27-31(4)29-26-28-30(3)6-2/h5,25-28,30-31H,1,6-24,29H2,2-4H3. The van der Waals surface area contributed by atoms with Gasteiger partial charge in [-0.15, -0.1) is 6.58 Å². The minimum atomic E-state index is 0.688. The van der Waals surface area contributed by atoms with Gasteiger partial charge in [0.05, 0.1) is 0 Å². The highest BCUT2D eigenvalue weighted by molar-refractivity contribution is 4.93. The summed E-state index contributed by atoms with van der Waals surface area (Å²) in [5.41, 5.74) is 0. The monoisotopic (exact) mass is 430 g/mol. The summed E-state index contributed by atoms with van der Waals surface area (Å²) in [4.78, 5) is 0. The summed E-state index contributed by atoms with van der Waals surface area (Å²) in [5.74, 6) is 1.42. The Balaban J connectivity index is 3.23. The highest BCUT2D eigenvalue weighted by atomic mass is 14.0. The van der Waals surface area contributed by atoms with Crippen molar-refractivity contribution >= 4 is 0 Å². The second-order valence-corrected chi connectivity index (χ2v) is 9.98. The molecule has 0 heterocycles. The molecule has 2 atom stereocenters. The maximum atomic E-state index is 3.79. The van der Waals surface area contributed by atoms with E-state index >= 15 is 0 Å². The smallest absolute Gasteiger partial charge is 0.0227 e. The van der Waals surface area contributed by atoms with E-state index in [9.17, 15) is 0 Å². The highest BCUT2D eigenvalue weighted by Gasteiger charge is 1.96. The van der Waals surface area contributed by atoms with Gasteiger partial charge in [-0.2, -0.15) is 0 Å². The van der Waals surface area contributed by atoms with Gasteiger partial charge in [-0.3, -0.25) is 0 Å². The molecule has 0 radical (unpaired) electrons. The molecule has 0 amide bonds. The molecule has 0 aliphatic carbocycles. The molecule has 0 N–H and O–H groups in total. The van der Waals surface area contributed by atoms with Crippen molar-refractivity contribution in [1.82, 2.24) is 0 Å². The molecule has 0 nitrogen and oxygen atoms in total. The lowest BCUT2D eigenvalue weighted by atomic mass is 10.0. The van der Waals surface area contributed by atoms with Gasteiger partial charge in [0.1, 0.15) is 0 Å². The summed E-state index contributed by atoms with van der Waals surface area (Å²) in [7, 11) is 0. The van der Waals surface area contributed by atoms with Crippen molar-refractivity contribution in [1.29, 1.82) is 0 Å². The number of hydrogen-bond acceptors (Lipinski definition) is 0. The third kappa shape index (κ3) is 25.4. The molecule has 0 bridgehead atoms. The molecule has 182 valence electrons. The molecule has 0 spiro atoms. The van der Waals surface area contributed by atoms with Gasteiger partial charge in [0.2, 0.25) is 0 Å². The second-order valence-electron chi connectivity index (χ2n) is 9.98. The van der Waals surface area contributed by atoms with E-state index in [4.69, 9.17) is 0 Å². The van der Waals surface area contributed by atoms with E-state index in [1.165, 1.54) is 128 Å². The van der Waals surface area contributed by atoms with Crippen LogP contribution in [0.25, 0.3) is 0 Å². The molecule has 0 heteroatoms. The van der Waals surface area contributed by atoms with E-state index in [1.807, 2.05) is 0 Å². The Morgan fingerprint density at radius 1 is 0.516 bits per heavy atom. The Hall–Kier alpha value is -0.780. The van der Waals surface area contributed by atoms with Gasteiger partial charge in [-0.05, 0) is 43.9 Å². The van der Waals surface area contributed by atoms with Crippen LogP contribution < -0.4 is 0 Å². The summed E-state index contributed by atoms with van der Waals surface area (Å²) in [6.07, 6.45) is 39.6. The van der Waals surface area contributed by atoms with Crippen LogP contribution in [0, 0.1) is 11.8 Å². The summed E-state index contributed by atoms with van der Waals surface area (Å²) in [6, 6.07) is 0. The van der Waals surface area contributed by atoms with Gasteiger partial charge in [-0.25, -0.2) is 0 Å². The zero-order valence-electron chi connectivity index (χ0n) is 21.9. The fraction of sp³-hybridized carbons (Fsp3) is 0.806. The van der Waals surface area contributed by atoms with Gasteiger partial charge >= 0.3 is 0 Å². The number of unbranched alkanes of at least 4 members (excludes halogenated alkanes) is 17. The van der Waals surface area contributed by atoms with E-state index in [2.05, 4.69) is 57.7 Å². The van der Waals surface area contributed by atoms with E-state index in [0.717, 1.165) is 5.92 Å². The molecule has 0 aromatic rings. The lowest BCUT2D eigenvalue weighted by Gasteiger charge is -2.04. The van der Waals surface area contributed by atoms with Gasteiger partial charge in [0.15, 0.2) is 0 Å². The van der Waals surface area contributed by atoms with E-state index in [1.54, 1.807) is 0 Å². The maximum Gasteiger partial charge on any atom is -0.0227 e. The van der Waals surface area contributed by atoms with E-state index in [0.29, 0.717) is 5.92 Å². The van der Waals surface area contributed by atoms with Crippen LogP contribution >= 0.6 is 0 Å². The molecule has 0 aromatic carbocycles. The molecule has 0 aliphatic rings. The van der Waals surface area contributed by atoms with Crippen molar-refractivity contribution in [3.8, 4) is 0 Å². The first kappa shape index (κ1) is 30.2. The maximum absolute atomic E-state index is 3.79. The fourth-order valence-corrected chi connectivity index (χ4v) is 4.09. The van der Waals surface area contributed by atoms with Gasteiger partial charge in [0.25, 0.3) is 0 Å². The fourth-order valence-electron chi connectivity index (χ4n) is 4.09. The Morgan fingerprint density at radius 3 is 1.32 bits per heavy atom. The minimum Gasteiger partial charge on any atom is -0.103 e. The van der Waals surface area contributed by atoms with Crippen LogP contribution in [-0.2, 0) is 0 Å². The molecule has 0 saturated carbocycles. The molecule has 31 heavy (non-hydrogen) atoms. The first-order valence-corrected chi connectivity index (χ1v) is 14.1. The Bertz CT molecular complexity index is 402. The van der Waals surface area contributed by atoms with Gasteiger partial charge < -0.3 is 0 Å². The normalized spacial score (nSPS) is 13.9. The van der Waals surface area contributed by atoms with Crippen LogP contribution in [0.5, 0.6) is 0 Å². The number of allylic oxidation sites excluding steroid dienone is 5. The quantitative estimate of drug-likeness (QED) is 0.105. The zero-order valence-corrected chi connectivity index (χ0v) is 21.9. The topological polar surface area (TPSA) is 0 Å². The van der Waals surface area contributed by atoms with Crippen molar-refractivity contribution in [2.75, 3.05) is 0 Å². The summed E-state index contributed by atoms with van der Waals surface area (Å²) < 4.78 is 0. The third-order valence-corrected chi connectivity index (χ3v) is 6.61. The van der Waals surface area contributed by atoms with E-state index in [-0.39, 0.29) is 0 Å². The highest BCUT2D eigenvalue weighted by Crippen LogP contribution is 2.15. The molecule has 2 unspecified atom stereocenters. The molecule has 0 aromatic heterocycles. The first-order valence-electron chi connectivity index (χ1n) is 14.1. The molecule has 0 rings (SSSR count). The van der Waals surface area contributed by atoms with Gasteiger partial charge in [-0.1, -0.05) is 147 Å². The average molecular weight is 431 g/mol. The van der Waals surface area contributed by atoms with Crippen molar-refractivity contribution in [2.45, 2.75) is 149 Å². The lowest BCUT2D eigenvalue weighted by Crippen LogP contribution is -1.89. The average Bonchev–Trinajstić information content (AvgIpc) is 2.77. The molecular weight excluding hydrogens is 372 g/mol. The minimum absolute atomic E-state index is 0.688. The second kappa shape index (κ2) is 25.5. The Labute approximate surface area is 198 Å². The summed E-state index contributed by atoms with van der Waals surface area (Å²) in [5, 5.41) is 0. The third-order valence-electron chi connectivity index (χ3n) is 6.61. The molecule has 0 aliphatic heterocycles. The SMILES string of the molecule is C=CCCCCCCCCCCCCCCCCCCC=CC(C)CC=CC(C)CC. The van der Waals surface area contributed by atoms with Crippen LogP contribution in [0.3, 0.4) is 0 Å². The molecule has 0 fully saturated rings. The predicted octanol–water partition coefficient (Wildman–Crippen LogP) is 11.4. The Morgan fingerprint density at radius 2 is 0.903 bits per heavy atom. The van der Waals surface area contributed by atoms with Crippen LogP contribution in [0.15, 0.2) is 37.0 Å². The van der Waals surface area contributed by atoms with Crippen molar-refractivity contribution < 1.29 is 0 Å². The summed E-state index contributed by atoms with van der Waals surface area (Å²) >= 11 is 0. The Kier molecular flexibility index (Phi) is 24.8. The lowest BCUT2D eigenvalue weighted by molar-refractivity contribution is 0.528. The predicted molar refractivity (Wildman–Crippen MR) is 145 cm³/mol. The number of hydrogen-bond donors (Lipinski definition) is 0. The molecule has 0 saturated heterocycles. The number of rotatable bonds is 24. The van der Waals surface area contributed by atoms with Crippen LogP contribution in [0.1, 0.15) is 149 Å². The van der Waals surface area contributed by atoms with Crippen molar-refractivity contribution in [3.05, 3.63) is 37.0 Å². The first-order chi connectivity index (χ1) is 15.2.